The first-order chi connectivity index (χ1) is 21.4. The Kier molecular flexibility index (Phi) is 12.3. The van der Waals surface area contributed by atoms with Gasteiger partial charge in [0.25, 0.3) is 5.91 Å². The summed E-state index contributed by atoms with van der Waals surface area (Å²) in [4.78, 5) is 27.1. The molecule has 1 amide bonds. The number of nitrogens with two attached hydrogens (primary N) is 1. The number of nitrogens with zero attached hydrogens (tertiary/aromatic N) is 1. The number of anilines is 1. The van der Waals surface area contributed by atoms with Gasteiger partial charge >= 0.3 is 5.97 Å². The van der Waals surface area contributed by atoms with E-state index in [4.69, 9.17) is 10.5 Å². The molecule has 0 aliphatic heterocycles. The average Bonchev–Trinajstić information content (AvgIpc) is 3.03. The van der Waals surface area contributed by atoms with Gasteiger partial charge in [0.1, 0.15) is 18.4 Å². The lowest BCUT2D eigenvalue weighted by molar-refractivity contribution is -0.143. The van der Waals surface area contributed by atoms with E-state index in [1.165, 1.54) is 0 Å². The van der Waals surface area contributed by atoms with Gasteiger partial charge in [-0.2, -0.15) is 0 Å². The Labute approximate surface area is 260 Å². The summed E-state index contributed by atoms with van der Waals surface area (Å²) in [5.41, 5.74) is 11.0. The van der Waals surface area contributed by atoms with Gasteiger partial charge in [0.05, 0.1) is 0 Å². The number of hydrogen-bond acceptors (Lipinski definition) is 5. The fourth-order valence-electron chi connectivity index (χ4n) is 4.91. The van der Waals surface area contributed by atoms with Crippen molar-refractivity contribution in [2.24, 2.45) is 5.73 Å². The maximum Gasteiger partial charge on any atom is 0.320 e. The molecule has 0 aromatic heterocycles. The Morgan fingerprint density at radius 3 is 2.41 bits per heavy atom. The Bertz CT molecular complexity index is 1520. The second-order valence-corrected chi connectivity index (χ2v) is 10.8. The van der Waals surface area contributed by atoms with Crippen molar-refractivity contribution in [1.29, 1.82) is 0 Å². The molecule has 1 atom stereocenters. The van der Waals surface area contributed by atoms with Crippen LogP contribution in [0.2, 0.25) is 0 Å². The zero-order valence-electron chi connectivity index (χ0n) is 25.2. The van der Waals surface area contributed by atoms with Crippen LogP contribution in [0.4, 0.5) is 5.69 Å². The lowest BCUT2D eigenvalue weighted by Crippen LogP contribution is -2.41. The molecule has 44 heavy (non-hydrogen) atoms. The first-order valence-electron chi connectivity index (χ1n) is 15.0. The highest BCUT2D eigenvalue weighted by Crippen LogP contribution is 2.20. The molecule has 4 rings (SSSR count). The number of nitrogens with one attached hydrogen (secondary N) is 1. The predicted octanol–water partition coefficient (Wildman–Crippen LogP) is 6.92. The first kappa shape index (κ1) is 32.2. The Morgan fingerprint density at radius 2 is 1.66 bits per heavy atom. The predicted molar refractivity (Wildman–Crippen MR) is 177 cm³/mol. The highest BCUT2D eigenvalue weighted by Gasteiger charge is 2.24. The van der Waals surface area contributed by atoms with Gasteiger partial charge < -0.3 is 20.9 Å². The minimum atomic E-state index is -0.854. The molecule has 0 heterocycles. The fourth-order valence-corrected chi connectivity index (χ4v) is 4.91. The van der Waals surface area contributed by atoms with Gasteiger partial charge in [0, 0.05) is 24.3 Å². The monoisotopic (exact) mass is 591 g/mol. The van der Waals surface area contributed by atoms with Crippen LogP contribution in [0.1, 0.15) is 51.9 Å². The maximum absolute atomic E-state index is 12.7. The van der Waals surface area contributed by atoms with E-state index in [1.54, 1.807) is 12.1 Å². The summed E-state index contributed by atoms with van der Waals surface area (Å²) in [6, 6.07) is 32.1. The number of amides is 1. The smallest absolute Gasteiger partial charge is 0.320 e. The van der Waals surface area contributed by atoms with E-state index in [-0.39, 0.29) is 5.91 Å². The molecule has 7 nitrogen and oxygen atoms in total. The molecule has 0 radical (unpaired) electrons. The molecule has 228 valence electrons. The van der Waals surface area contributed by atoms with E-state index < -0.39 is 12.0 Å². The molecule has 0 aliphatic carbocycles. The third kappa shape index (κ3) is 10.2. The summed E-state index contributed by atoms with van der Waals surface area (Å²) in [6.45, 7) is 3.84. The highest BCUT2D eigenvalue weighted by atomic mass is 16.5. The van der Waals surface area contributed by atoms with Gasteiger partial charge in [-0.05, 0) is 79.4 Å². The lowest BCUT2D eigenvalue weighted by Gasteiger charge is -2.28. The van der Waals surface area contributed by atoms with Crippen molar-refractivity contribution in [2.45, 2.75) is 45.4 Å². The summed E-state index contributed by atoms with van der Waals surface area (Å²) >= 11 is 0. The van der Waals surface area contributed by atoms with Crippen molar-refractivity contribution in [3.8, 4) is 5.75 Å². The first-order valence-corrected chi connectivity index (χ1v) is 15.0. The largest absolute Gasteiger partial charge is 0.489 e. The number of hydrogen-bond donors (Lipinski definition) is 3. The molecule has 4 aromatic rings. The van der Waals surface area contributed by atoms with Crippen LogP contribution in [0.25, 0.3) is 6.08 Å². The van der Waals surface area contributed by atoms with Crippen LogP contribution in [0, 0.1) is 6.92 Å². The summed E-state index contributed by atoms with van der Waals surface area (Å²) in [6.07, 6.45) is 5.93. The molecular formula is C37H41N3O4. The van der Waals surface area contributed by atoms with Crippen LogP contribution in [-0.2, 0) is 17.9 Å². The number of unbranched alkanes of at least 4 members (excludes halogenated alkanes) is 1. The molecule has 0 saturated carbocycles. The van der Waals surface area contributed by atoms with Crippen molar-refractivity contribution < 1.29 is 19.4 Å². The van der Waals surface area contributed by atoms with Crippen LogP contribution in [0.3, 0.4) is 0 Å². The van der Waals surface area contributed by atoms with Crippen LogP contribution in [0.5, 0.6) is 5.75 Å². The van der Waals surface area contributed by atoms with Crippen molar-refractivity contribution >= 4 is 23.6 Å². The summed E-state index contributed by atoms with van der Waals surface area (Å²) in [5.74, 6) is -0.289. The van der Waals surface area contributed by atoms with Crippen molar-refractivity contribution in [3.05, 3.63) is 137 Å². The molecule has 0 fully saturated rings. The summed E-state index contributed by atoms with van der Waals surface area (Å²) in [5, 5.41) is 13.1. The Balaban J connectivity index is 1.46. The van der Waals surface area contributed by atoms with E-state index in [9.17, 15) is 14.7 Å². The quantitative estimate of drug-likeness (QED) is 0.122. The minimum absolute atomic E-state index is 0.172. The average molecular weight is 592 g/mol. The van der Waals surface area contributed by atoms with Gasteiger partial charge in [-0.3, -0.25) is 14.5 Å². The number of carboxylic acids is 1. The molecule has 0 unspecified atom stereocenters. The standard InChI is InChI=1S/C37H41N3O4/c1-28-18-20-32(21-19-28)36(41)39-33-15-7-12-29(24-33)14-9-23-40(35(37(42)43)17-5-6-22-38)26-31-13-8-16-34(25-31)44-27-30-10-3-2-4-11-30/h2-4,7-16,18-21,24-25,35H,5-6,17,22-23,26-27,38H2,1H3,(H,39,41)(H,42,43)/b14-9+/t35-/m0/s1. The summed E-state index contributed by atoms with van der Waals surface area (Å²) in [7, 11) is 0. The number of aryl methyl sites for hydroxylation is 1. The van der Waals surface area contributed by atoms with E-state index in [0.717, 1.165) is 40.8 Å². The van der Waals surface area contributed by atoms with Crippen LogP contribution < -0.4 is 15.8 Å². The van der Waals surface area contributed by atoms with Gasteiger partial charge in [0.2, 0.25) is 0 Å². The van der Waals surface area contributed by atoms with Gasteiger partial charge in [-0.25, -0.2) is 0 Å². The summed E-state index contributed by atoms with van der Waals surface area (Å²) < 4.78 is 6.02. The SMILES string of the molecule is Cc1ccc(C(=O)Nc2cccc(/C=C/CN(Cc3cccc(OCc4ccccc4)c3)[C@@H](CCCCN)C(=O)O)c2)cc1. The fraction of sp³-hybridized carbons (Fsp3) is 0.243. The molecule has 7 heteroatoms. The van der Waals surface area contributed by atoms with Crippen molar-refractivity contribution in [1.82, 2.24) is 4.90 Å². The van der Waals surface area contributed by atoms with Gasteiger partial charge in [-0.15, -0.1) is 0 Å². The molecule has 4 N–H and O–H groups in total. The number of ether oxygens (including phenoxy) is 1. The third-order valence-corrected chi connectivity index (χ3v) is 7.30. The molecule has 0 saturated heterocycles. The van der Waals surface area contributed by atoms with E-state index in [2.05, 4.69) is 5.32 Å². The van der Waals surface area contributed by atoms with Crippen molar-refractivity contribution in [3.63, 3.8) is 0 Å². The van der Waals surface area contributed by atoms with Crippen LogP contribution in [-0.4, -0.2) is 41.0 Å². The normalized spacial score (nSPS) is 11.9. The second kappa shape index (κ2) is 16.8. The number of carboxylic acid groups (broad SMARTS) is 1. The second-order valence-electron chi connectivity index (χ2n) is 10.8. The minimum Gasteiger partial charge on any atom is -0.489 e. The lowest BCUT2D eigenvalue weighted by atomic mass is 10.1. The van der Waals surface area contributed by atoms with Crippen molar-refractivity contribution in [2.75, 3.05) is 18.4 Å². The molecular weight excluding hydrogens is 550 g/mol. The molecule has 0 bridgehead atoms. The van der Waals surface area contributed by atoms with E-state index >= 15 is 0 Å². The zero-order chi connectivity index (χ0) is 31.1. The van der Waals surface area contributed by atoms with Gasteiger partial charge in [-0.1, -0.05) is 90.9 Å². The third-order valence-electron chi connectivity index (χ3n) is 7.30. The molecule has 0 aliphatic rings. The Morgan fingerprint density at radius 1 is 0.909 bits per heavy atom. The van der Waals surface area contributed by atoms with Crippen LogP contribution >= 0.6 is 0 Å². The maximum atomic E-state index is 12.7. The number of aliphatic carboxylic acids is 1. The highest BCUT2D eigenvalue weighted by molar-refractivity contribution is 6.04. The molecule has 4 aromatic carbocycles. The zero-order valence-corrected chi connectivity index (χ0v) is 25.2. The number of carbonyl (C=O) groups is 2. The number of rotatable bonds is 16. The van der Waals surface area contributed by atoms with E-state index in [0.29, 0.717) is 43.9 Å². The Hall–Kier alpha value is -4.72. The topological polar surface area (TPSA) is 105 Å². The van der Waals surface area contributed by atoms with Crippen LogP contribution in [0.15, 0.2) is 109 Å². The number of benzene rings is 4. The number of carbonyl (C=O) groups excluding carboxylic acids is 1. The molecule has 0 spiro atoms. The van der Waals surface area contributed by atoms with E-state index in [1.807, 2.05) is 115 Å². The van der Waals surface area contributed by atoms with Gasteiger partial charge in [0.15, 0.2) is 0 Å².